The largest absolute Gasteiger partial charge is 0.496 e. The van der Waals surface area contributed by atoms with Crippen molar-refractivity contribution >= 4 is 40.5 Å². The van der Waals surface area contributed by atoms with Crippen LogP contribution in [0.4, 0.5) is 0 Å². The summed E-state index contributed by atoms with van der Waals surface area (Å²) in [7, 11) is 1.50. The first-order valence-electron chi connectivity index (χ1n) is 9.64. The number of nitrogens with one attached hydrogen (secondary N) is 1. The van der Waals surface area contributed by atoms with Crippen molar-refractivity contribution < 1.29 is 28.9 Å². The van der Waals surface area contributed by atoms with Gasteiger partial charge in [0.1, 0.15) is 5.75 Å². The van der Waals surface area contributed by atoms with E-state index in [1.54, 1.807) is 25.1 Å². The van der Waals surface area contributed by atoms with Crippen molar-refractivity contribution in [3.05, 3.63) is 64.7 Å². The number of carboxylic acid groups (broad SMARTS) is 1. The van der Waals surface area contributed by atoms with Gasteiger partial charge in [-0.1, -0.05) is 35.9 Å². The highest BCUT2D eigenvalue weighted by Gasteiger charge is 2.15. The maximum absolute atomic E-state index is 12.7. The number of benzene rings is 3. The predicted octanol–water partition coefficient (Wildman–Crippen LogP) is 4.13. The van der Waals surface area contributed by atoms with Crippen LogP contribution in [0.5, 0.6) is 17.2 Å². The number of hydrogen-bond acceptors (Lipinski definition) is 6. The van der Waals surface area contributed by atoms with Crippen molar-refractivity contribution in [2.24, 2.45) is 5.10 Å². The minimum absolute atomic E-state index is 0.123. The first kappa shape index (κ1) is 22.9. The van der Waals surface area contributed by atoms with Gasteiger partial charge in [0.15, 0.2) is 18.1 Å². The van der Waals surface area contributed by atoms with Crippen LogP contribution in [-0.4, -0.2) is 43.5 Å². The lowest BCUT2D eigenvalue weighted by molar-refractivity contribution is -0.139. The summed E-state index contributed by atoms with van der Waals surface area (Å²) in [5.41, 5.74) is 3.33. The number of aliphatic carboxylic acids is 1. The van der Waals surface area contributed by atoms with Crippen molar-refractivity contribution in [1.29, 1.82) is 0 Å². The van der Waals surface area contributed by atoms with E-state index in [0.29, 0.717) is 23.5 Å². The van der Waals surface area contributed by atoms with Gasteiger partial charge in [0.25, 0.3) is 5.91 Å². The van der Waals surface area contributed by atoms with Crippen molar-refractivity contribution in [1.82, 2.24) is 5.43 Å². The second-order valence-electron chi connectivity index (χ2n) is 6.54. The fourth-order valence-corrected chi connectivity index (χ4v) is 3.26. The van der Waals surface area contributed by atoms with E-state index in [1.165, 1.54) is 19.4 Å². The number of nitrogens with zero attached hydrogens (tertiary/aromatic N) is 1. The number of hydrazone groups is 1. The Morgan fingerprint density at radius 3 is 2.47 bits per heavy atom. The Balaban J connectivity index is 1.80. The Hall–Kier alpha value is -3.78. The van der Waals surface area contributed by atoms with Crippen molar-refractivity contribution in [2.45, 2.75) is 6.92 Å². The molecule has 0 fully saturated rings. The number of fused-ring (bicyclic) bond motifs is 1. The molecule has 2 N–H and O–H groups in total. The van der Waals surface area contributed by atoms with Gasteiger partial charge in [-0.15, -0.1) is 0 Å². The van der Waals surface area contributed by atoms with E-state index in [-0.39, 0.29) is 16.5 Å². The lowest BCUT2D eigenvalue weighted by Gasteiger charge is -2.13. The molecule has 0 spiro atoms. The first-order valence-corrected chi connectivity index (χ1v) is 10.0. The van der Waals surface area contributed by atoms with E-state index in [4.69, 9.17) is 30.9 Å². The number of methoxy groups -OCH3 is 1. The number of carbonyl (C=O) groups excluding carboxylic acids is 1. The minimum atomic E-state index is -1.14. The number of amides is 1. The van der Waals surface area contributed by atoms with Crippen LogP contribution >= 0.6 is 11.6 Å². The summed E-state index contributed by atoms with van der Waals surface area (Å²) in [6.45, 7) is 1.53. The highest BCUT2D eigenvalue weighted by Crippen LogP contribution is 2.36. The Morgan fingerprint density at radius 2 is 1.81 bits per heavy atom. The molecular weight excluding hydrogens is 436 g/mol. The number of hydrogen-bond donors (Lipinski definition) is 2. The Labute approximate surface area is 189 Å². The maximum atomic E-state index is 12.7. The predicted molar refractivity (Wildman–Crippen MR) is 121 cm³/mol. The van der Waals surface area contributed by atoms with Crippen LogP contribution in [0, 0.1) is 0 Å². The molecule has 0 saturated heterocycles. The molecule has 3 rings (SSSR count). The van der Waals surface area contributed by atoms with Gasteiger partial charge in [-0.3, -0.25) is 4.79 Å². The molecule has 32 heavy (non-hydrogen) atoms. The fourth-order valence-electron chi connectivity index (χ4n) is 2.99. The van der Waals surface area contributed by atoms with Crippen LogP contribution in [-0.2, 0) is 4.79 Å². The molecule has 3 aromatic carbocycles. The zero-order chi connectivity index (χ0) is 23.1. The van der Waals surface area contributed by atoms with Crippen molar-refractivity contribution in [2.75, 3.05) is 20.3 Å². The van der Waals surface area contributed by atoms with Gasteiger partial charge < -0.3 is 19.3 Å². The summed E-state index contributed by atoms with van der Waals surface area (Å²) in [4.78, 5) is 23.4. The molecule has 166 valence electrons. The summed E-state index contributed by atoms with van der Waals surface area (Å²) >= 11 is 6.22. The minimum Gasteiger partial charge on any atom is -0.496 e. The number of carbonyl (C=O) groups is 2. The van der Waals surface area contributed by atoms with E-state index in [2.05, 4.69) is 10.5 Å². The Kier molecular flexibility index (Phi) is 7.51. The number of halogens is 1. The monoisotopic (exact) mass is 456 g/mol. The average molecular weight is 457 g/mol. The highest BCUT2D eigenvalue weighted by atomic mass is 35.5. The molecule has 0 aliphatic rings. The van der Waals surface area contributed by atoms with Crippen LogP contribution in [0.3, 0.4) is 0 Å². The van der Waals surface area contributed by atoms with Crippen LogP contribution in [0.1, 0.15) is 22.8 Å². The van der Waals surface area contributed by atoms with Gasteiger partial charge in [0.2, 0.25) is 0 Å². The zero-order valence-electron chi connectivity index (χ0n) is 17.4. The van der Waals surface area contributed by atoms with Crippen LogP contribution in [0.15, 0.2) is 53.6 Å². The van der Waals surface area contributed by atoms with E-state index >= 15 is 0 Å². The van der Waals surface area contributed by atoms with E-state index in [0.717, 1.165) is 10.8 Å². The molecule has 1 amide bonds. The molecule has 0 saturated carbocycles. The molecule has 0 bridgehead atoms. The molecule has 9 heteroatoms. The molecule has 0 aliphatic heterocycles. The first-order chi connectivity index (χ1) is 15.4. The van der Waals surface area contributed by atoms with Gasteiger partial charge in [-0.25, -0.2) is 10.2 Å². The number of carboxylic acids is 1. The van der Waals surface area contributed by atoms with E-state index in [9.17, 15) is 9.59 Å². The van der Waals surface area contributed by atoms with E-state index < -0.39 is 18.5 Å². The molecule has 0 aliphatic carbocycles. The SMILES string of the molecule is CCOc1cc(/C=N\NC(=O)c2cc3ccccc3cc2OC)cc(Cl)c1OCC(=O)O. The standard InChI is InChI=1S/C23H21ClN2O6/c1-3-31-20-9-14(8-18(24)22(20)32-13-21(27)28)12-25-26-23(29)17-10-15-6-4-5-7-16(15)11-19(17)30-2/h4-12H,3,13H2,1-2H3,(H,26,29)(H,27,28)/b25-12-. The summed E-state index contributed by atoms with van der Waals surface area (Å²) < 4.78 is 16.1. The van der Waals surface area contributed by atoms with Crippen LogP contribution < -0.4 is 19.6 Å². The molecule has 3 aromatic rings. The molecule has 0 atom stereocenters. The highest BCUT2D eigenvalue weighted by molar-refractivity contribution is 6.32. The van der Waals surface area contributed by atoms with Crippen LogP contribution in [0.2, 0.25) is 5.02 Å². The van der Waals surface area contributed by atoms with Gasteiger partial charge in [-0.2, -0.15) is 5.10 Å². The summed E-state index contributed by atoms with van der Waals surface area (Å²) in [5.74, 6) is -0.761. The van der Waals surface area contributed by atoms with Gasteiger partial charge in [0, 0.05) is 0 Å². The summed E-state index contributed by atoms with van der Waals surface area (Å²) in [6, 6.07) is 14.3. The fraction of sp³-hybridized carbons (Fsp3) is 0.174. The molecule has 8 nitrogen and oxygen atoms in total. The Morgan fingerprint density at radius 1 is 1.09 bits per heavy atom. The summed E-state index contributed by atoms with van der Waals surface area (Å²) in [5, 5.41) is 14.8. The van der Waals surface area contributed by atoms with Gasteiger partial charge in [0.05, 0.1) is 30.5 Å². The second kappa shape index (κ2) is 10.5. The number of ether oxygens (including phenoxy) is 3. The molecule has 0 heterocycles. The third-order valence-electron chi connectivity index (χ3n) is 4.36. The number of rotatable bonds is 9. The molecule has 0 unspecified atom stereocenters. The zero-order valence-corrected chi connectivity index (χ0v) is 18.2. The normalized spacial score (nSPS) is 10.8. The van der Waals surface area contributed by atoms with Gasteiger partial charge in [-0.05, 0) is 47.5 Å². The third kappa shape index (κ3) is 5.47. The average Bonchev–Trinajstić information content (AvgIpc) is 2.77. The lowest BCUT2D eigenvalue weighted by atomic mass is 10.1. The third-order valence-corrected chi connectivity index (χ3v) is 4.64. The molecule has 0 aromatic heterocycles. The maximum Gasteiger partial charge on any atom is 0.341 e. The quantitative estimate of drug-likeness (QED) is 0.370. The lowest BCUT2D eigenvalue weighted by Crippen LogP contribution is -2.18. The van der Waals surface area contributed by atoms with Crippen molar-refractivity contribution in [3.8, 4) is 17.2 Å². The van der Waals surface area contributed by atoms with Crippen molar-refractivity contribution in [3.63, 3.8) is 0 Å². The second-order valence-corrected chi connectivity index (χ2v) is 6.95. The topological polar surface area (TPSA) is 106 Å². The summed E-state index contributed by atoms with van der Waals surface area (Å²) in [6.07, 6.45) is 1.39. The smallest absolute Gasteiger partial charge is 0.341 e. The van der Waals surface area contributed by atoms with Crippen LogP contribution in [0.25, 0.3) is 10.8 Å². The molecule has 0 radical (unpaired) electrons. The Bertz CT molecular complexity index is 1180. The molecular formula is C23H21ClN2O6. The van der Waals surface area contributed by atoms with E-state index in [1.807, 2.05) is 24.3 Å². The van der Waals surface area contributed by atoms with Gasteiger partial charge >= 0.3 is 5.97 Å².